The van der Waals surface area contributed by atoms with E-state index in [0.717, 1.165) is 34.3 Å². The van der Waals surface area contributed by atoms with Gasteiger partial charge in [-0.15, -0.1) is 0 Å². The number of carboxylic acids is 1. The van der Waals surface area contributed by atoms with Crippen LogP contribution in [0.15, 0.2) is 30.6 Å². The van der Waals surface area contributed by atoms with Crippen LogP contribution in [0.3, 0.4) is 0 Å². The third-order valence-electron chi connectivity index (χ3n) is 2.90. The van der Waals surface area contributed by atoms with Crippen LogP contribution in [0.2, 0.25) is 0 Å². The molecule has 0 saturated carbocycles. The number of carbonyl (C=O) groups is 1. The van der Waals surface area contributed by atoms with Gasteiger partial charge in [0.05, 0.1) is 0 Å². The first-order chi connectivity index (χ1) is 9.65. The van der Waals surface area contributed by atoms with Crippen LogP contribution in [-0.4, -0.2) is 25.8 Å². The zero-order valence-electron chi connectivity index (χ0n) is 11.0. The van der Waals surface area contributed by atoms with Crippen molar-refractivity contribution < 1.29 is 9.90 Å². The van der Waals surface area contributed by atoms with Crippen LogP contribution >= 0.6 is 22.6 Å². The summed E-state index contributed by atoms with van der Waals surface area (Å²) in [5.74, 6) is 0.000717. The first-order valence-corrected chi connectivity index (χ1v) is 7.60. The van der Waals surface area contributed by atoms with Gasteiger partial charge in [-0.25, -0.2) is 4.98 Å². The van der Waals surface area contributed by atoms with E-state index in [9.17, 15) is 4.79 Å². The SMILES string of the molecule is O=C(O)CCCCCn1cnc(-c2cccc(I)c2)n1. The molecule has 1 N–H and O–H groups in total. The first kappa shape index (κ1) is 15.0. The molecular formula is C14H16IN3O2. The summed E-state index contributed by atoms with van der Waals surface area (Å²) in [6.07, 6.45) is 4.50. The third-order valence-corrected chi connectivity index (χ3v) is 3.57. The summed E-state index contributed by atoms with van der Waals surface area (Å²) in [5, 5.41) is 13.0. The van der Waals surface area contributed by atoms with Gasteiger partial charge in [-0.3, -0.25) is 9.48 Å². The van der Waals surface area contributed by atoms with E-state index >= 15 is 0 Å². The molecule has 2 aromatic rings. The number of unbranched alkanes of at least 4 members (excludes halogenated alkanes) is 2. The quantitative estimate of drug-likeness (QED) is 0.587. The lowest BCUT2D eigenvalue weighted by Gasteiger charge is -2.00. The molecule has 20 heavy (non-hydrogen) atoms. The lowest BCUT2D eigenvalue weighted by molar-refractivity contribution is -0.137. The molecule has 0 radical (unpaired) electrons. The van der Waals surface area contributed by atoms with Crippen molar-refractivity contribution in [1.82, 2.24) is 14.8 Å². The maximum Gasteiger partial charge on any atom is 0.303 e. The summed E-state index contributed by atoms with van der Waals surface area (Å²) in [6, 6.07) is 8.06. The van der Waals surface area contributed by atoms with Gasteiger partial charge in [0, 0.05) is 22.1 Å². The lowest BCUT2D eigenvalue weighted by Crippen LogP contribution is -2.00. The number of aryl methyl sites for hydroxylation is 1. The molecule has 0 aliphatic heterocycles. The van der Waals surface area contributed by atoms with E-state index in [-0.39, 0.29) is 6.42 Å². The van der Waals surface area contributed by atoms with Crippen LogP contribution in [0.25, 0.3) is 11.4 Å². The van der Waals surface area contributed by atoms with Crippen molar-refractivity contribution in [3.05, 3.63) is 34.2 Å². The molecule has 0 aliphatic carbocycles. The second-order valence-electron chi connectivity index (χ2n) is 4.55. The van der Waals surface area contributed by atoms with E-state index < -0.39 is 5.97 Å². The second-order valence-corrected chi connectivity index (χ2v) is 5.79. The number of hydrogen-bond donors (Lipinski definition) is 1. The number of benzene rings is 1. The molecule has 1 aromatic carbocycles. The van der Waals surface area contributed by atoms with Gasteiger partial charge in [0.2, 0.25) is 0 Å². The fourth-order valence-corrected chi connectivity index (χ4v) is 2.43. The molecule has 0 saturated heterocycles. The smallest absolute Gasteiger partial charge is 0.303 e. The van der Waals surface area contributed by atoms with Crippen LogP contribution in [0.5, 0.6) is 0 Å². The molecule has 5 nitrogen and oxygen atoms in total. The van der Waals surface area contributed by atoms with E-state index in [4.69, 9.17) is 5.11 Å². The van der Waals surface area contributed by atoms with Gasteiger partial charge in [-0.1, -0.05) is 18.6 Å². The van der Waals surface area contributed by atoms with Crippen LogP contribution in [0.1, 0.15) is 25.7 Å². The Bertz CT molecular complexity index is 583. The molecule has 2 rings (SSSR count). The molecule has 1 heterocycles. The summed E-state index contributed by atoms with van der Waals surface area (Å²) < 4.78 is 2.97. The molecule has 0 bridgehead atoms. The normalized spacial score (nSPS) is 10.7. The Balaban J connectivity index is 1.85. The van der Waals surface area contributed by atoms with Crippen LogP contribution in [0.4, 0.5) is 0 Å². The van der Waals surface area contributed by atoms with E-state index in [2.05, 4.69) is 32.7 Å². The highest BCUT2D eigenvalue weighted by Crippen LogP contribution is 2.17. The van der Waals surface area contributed by atoms with Gasteiger partial charge in [-0.05, 0) is 47.6 Å². The van der Waals surface area contributed by atoms with Gasteiger partial charge < -0.3 is 5.11 Å². The number of carboxylic acid groups (broad SMARTS) is 1. The molecule has 1 aromatic heterocycles. The largest absolute Gasteiger partial charge is 0.481 e. The Morgan fingerprint density at radius 3 is 2.90 bits per heavy atom. The monoisotopic (exact) mass is 385 g/mol. The predicted molar refractivity (Wildman–Crippen MR) is 84.3 cm³/mol. The Morgan fingerprint density at radius 1 is 1.30 bits per heavy atom. The molecule has 0 unspecified atom stereocenters. The Kier molecular flexibility index (Phi) is 5.51. The van der Waals surface area contributed by atoms with Crippen LogP contribution in [0, 0.1) is 3.57 Å². The molecule has 106 valence electrons. The molecular weight excluding hydrogens is 369 g/mol. The Morgan fingerprint density at radius 2 is 2.15 bits per heavy atom. The summed E-state index contributed by atoms with van der Waals surface area (Å²) in [7, 11) is 0. The van der Waals surface area contributed by atoms with Crippen molar-refractivity contribution >= 4 is 28.6 Å². The fourth-order valence-electron chi connectivity index (χ4n) is 1.89. The van der Waals surface area contributed by atoms with Gasteiger partial charge in [0.15, 0.2) is 5.82 Å². The molecule has 0 spiro atoms. The molecule has 0 amide bonds. The fraction of sp³-hybridized carbons (Fsp3) is 0.357. The third kappa shape index (κ3) is 4.59. The van der Waals surface area contributed by atoms with Crippen molar-refractivity contribution in [2.24, 2.45) is 0 Å². The Labute approximate surface area is 131 Å². The summed E-state index contributed by atoms with van der Waals surface area (Å²) in [5.41, 5.74) is 1.02. The van der Waals surface area contributed by atoms with Crippen molar-refractivity contribution in [3.63, 3.8) is 0 Å². The minimum Gasteiger partial charge on any atom is -0.481 e. The average Bonchev–Trinajstić information content (AvgIpc) is 2.87. The van der Waals surface area contributed by atoms with Gasteiger partial charge >= 0.3 is 5.97 Å². The zero-order valence-corrected chi connectivity index (χ0v) is 13.2. The second kappa shape index (κ2) is 7.37. The van der Waals surface area contributed by atoms with Crippen molar-refractivity contribution in [2.75, 3.05) is 0 Å². The highest BCUT2D eigenvalue weighted by atomic mass is 127. The summed E-state index contributed by atoms with van der Waals surface area (Å²) >= 11 is 2.27. The number of aromatic nitrogens is 3. The average molecular weight is 385 g/mol. The summed E-state index contributed by atoms with van der Waals surface area (Å²) in [6.45, 7) is 0.774. The van der Waals surface area contributed by atoms with Crippen LogP contribution in [-0.2, 0) is 11.3 Å². The zero-order chi connectivity index (χ0) is 14.4. The van der Waals surface area contributed by atoms with E-state index in [1.165, 1.54) is 0 Å². The lowest BCUT2D eigenvalue weighted by atomic mass is 10.2. The Hall–Kier alpha value is -1.44. The minimum absolute atomic E-state index is 0.241. The molecule has 0 fully saturated rings. The maximum absolute atomic E-state index is 10.4. The van der Waals surface area contributed by atoms with Crippen LogP contribution < -0.4 is 0 Å². The number of nitrogens with zero attached hydrogens (tertiary/aromatic N) is 3. The molecule has 0 atom stereocenters. The number of rotatable bonds is 7. The first-order valence-electron chi connectivity index (χ1n) is 6.52. The predicted octanol–water partition coefficient (Wildman–Crippen LogP) is 3.19. The number of hydrogen-bond acceptors (Lipinski definition) is 3. The van der Waals surface area contributed by atoms with Crippen molar-refractivity contribution in [2.45, 2.75) is 32.2 Å². The maximum atomic E-state index is 10.4. The topological polar surface area (TPSA) is 68.0 Å². The summed E-state index contributed by atoms with van der Waals surface area (Å²) in [4.78, 5) is 14.7. The van der Waals surface area contributed by atoms with Gasteiger partial charge in [0.25, 0.3) is 0 Å². The van der Waals surface area contributed by atoms with E-state index in [0.29, 0.717) is 6.42 Å². The minimum atomic E-state index is -0.730. The molecule has 0 aliphatic rings. The van der Waals surface area contributed by atoms with Crippen molar-refractivity contribution in [1.29, 1.82) is 0 Å². The molecule has 6 heteroatoms. The van der Waals surface area contributed by atoms with Gasteiger partial charge in [0.1, 0.15) is 6.33 Å². The number of aliphatic carboxylic acids is 1. The highest BCUT2D eigenvalue weighted by Gasteiger charge is 2.04. The number of halogens is 1. The standard InChI is InChI=1S/C14H16IN3O2/c15-12-6-4-5-11(9-12)14-16-10-18(17-14)8-3-1-2-7-13(19)20/h4-6,9-10H,1-3,7-8H2,(H,19,20). The van der Waals surface area contributed by atoms with E-state index in [1.807, 2.05) is 28.9 Å². The van der Waals surface area contributed by atoms with E-state index in [1.54, 1.807) is 6.33 Å². The van der Waals surface area contributed by atoms with Gasteiger partial charge in [-0.2, -0.15) is 5.10 Å². The van der Waals surface area contributed by atoms with Crippen molar-refractivity contribution in [3.8, 4) is 11.4 Å². The highest BCUT2D eigenvalue weighted by molar-refractivity contribution is 14.1.